The molecule has 4 atom stereocenters. The molecule has 3 rings (SSSR count). The molecule has 3 fully saturated rings. The third-order valence-corrected chi connectivity index (χ3v) is 8.61. The van der Waals surface area contributed by atoms with Crippen LogP contribution in [0.3, 0.4) is 0 Å². The fraction of sp³-hybridized carbons (Fsp3) is 1.00. The molecule has 3 aliphatic rings. The highest BCUT2D eigenvalue weighted by atomic mass is 127. The lowest BCUT2D eigenvalue weighted by Gasteiger charge is -2.54. The van der Waals surface area contributed by atoms with Crippen molar-refractivity contribution in [3.8, 4) is 0 Å². The lowest BCUT2D eigenvalue weighted by molar-refractivity contribution is 0.0595. The van der Waals surface area contributed by atoms with Gasteiger partial charge in [-0.2, -0.15) is 0 Å². The van der Waals surface area contributed by atoms with Crippen LogP contribution in [0.1, 0.15) is 57.8 Å². The van der Waals surface area contributed by atoms with E-state index >= 15 is 0 Å². The van der Waals surface area contributed by atoms with Crippen LogP contribution in [-0.2, 0) is 0 Å². The largest absolute Gasteiger partial charge is 0.0795 e. The predicted molar refractivity (Wildman–Crippen MR) is 86.3 cm³/mol. The van der Waals surface area contributed by atoms with Crippen LogP contribution in [0.25, 0.3) is 0 Å². The Labute approximate surface area is 127 Å². The summed E-state index contributed by atoms with van der Waals surface area (Å²) in [4.78, 5) is 0. The molecule has 0 N–H and O–H groups in total. The summed E-state index contributed by atoms with van der Waals surface area (Å²) in [5.74, 6) is 4.26. The van der Waals surface area contributed by atoms with Gasteiger partial charge in [0, 0.05) is 0 Å². The maximum atomic E-state index is 2.85. The summed E-state index contributed by atoms with van der Waals surface area (Å²) in [6.45, 7) is 0. The first-order chi connectivity index (χ1) is 7.69. The van der Waals surface area contributed by atoms with Crippen LogP contribution < -0.4 is 0 Å². The molecule has 0 nitrogen and oxygen atoms in total. The monoisotopic (exact) mass is 444 g/mol. The van der Waals surface area contributed by atoms with Gasteiger partial charge in [0.25, 0.3) is 0 Å². The van der Waals surface area contributed by atoms with E-state index in [2.05, 4.69) is 45.2 Å². The van der Waals surface area contributed by atoms with Gasteiger partial charge in [-0.25, -0.2) is 0 Å². The van der Waals surface area contributed by atoms with Crippen LogP contribution in [0.15, 0.2) is 0 Å². The highest BCUT2D eigenvalue weighted by Crippen LogP contribution is 2.61. The first-order valence-corrected chi connectivity index (χ1v) is 9.23. The number of hydrogen-bond donors (Lipinski definition) is 0. The second kappa shape index (κ2) is 4.86. The van der Waals surface area contributed by atoms with Crippen molar-refractivity contribution in [1.82, 2.24) is 0 Å². The van der Waals surface area contributed by atoms with Gasteiger partial charge in [0.15, 0.2) is 0 Å². The molecule has 0 aromatic heterocycles. The number of alkyl halides is 2. The van der Waals surface area contributed by atoms with E-state index in [1.807, 2.05) is 0 Å². The third kappa shape index (κ3) is 2.08. The van der Waals surface area contributed by atoms with Crippen LogP contribution in [0.4, 0.5) is 0 Å². The molecule has 0 aromatic rings. The smallest absolute Gasteiger partial charge is 0.0666 e. The molecule has 3 aliphatic carbocycles. The number of hydrogen-bond acceptors (Lipinski definition) is 0. The van der Waals surface area contributed by atoms with Gasteiger partial charge >= 0.3 is 0 Å². The first kappa shape index (κ1) is 12.5. The van der Waals surface area contributed by atoms with E-state index in [1.54, 1.807) is 19.3 Å². The van der Waals surface area contributed by atoms with E-state index in [4.69, 9.17) is 0 Å². The Kier molecular flexibility index (Phi) is 3.79. The summed E-state index contributed by atoms with van der Waals surface area (Å²) in [7, 11) is 0. The van der Waals surface area contributed by atoms with E-state index in [-0.39, 0.29) is 0 Å². The second-order valence-electron chi connectivity index (χ2n) is 6.21. The average molecular weight is 444 g/mol. The number of fused-ring (bicyclic) bond motifs is 2. The second-order valence-corrected chi connectivity index (χ2v) is 11.8. The zero-order valence-electron chi connectivity index (χ0n) is 9.93. The van der Waals surface area contributed by atoms with Gasteiger partial charge in [-0.05, 0) is 42.9 Å². The van der Waals surface area contributed by atoms with Crippen LogP contribution in [0.2, 0.25) is 0 Å². The summed E-state index contributed by atoms with van der Waals surface area (Å²) in [6, 6.07) is 0. The molecule has 3 saturated carbocycles. The first-order valence-electron chi connectivity index (χ1n) is 7.07. The molecule has 2 heteroatoms. The SMILES string of the molecule is IC1(I)C2CCCCC2CC2CCCCC21. The molecule has 0 amide bonds. The molecule has 0 saturated heterocycles. The summed E-state index contributed by atoms with van der Waals surface area (Å²) >= 11 is 5.69. The minimum atomic E-state index is 0.601. The van der Waals surface area contributed by atoms with E-state index in [1.165, 1.54) is 38.5 Å². The Morgan fingerprint density at radius 1 is 0.688 bits per heavy atom. The van der Waals surface area contributed by atoms with E-state index in [9.17, 15) is 0 Å². The fourth-order valence-electron chi connectivity index (χ4n) is 4.66. The van der Waals surface area contributed by atoms with E-state index in [0.29, 0.717) is 1.43 Å². The highest BCUT2D eigenvalue weighted by Gasteiger charge is 2.52. The van der Waals surface area contributed by atoms with Crippen LogP contribution >= 0.6 is 45.2 Å². The van der Waals surface area contributed by atoms with Gasteiger partial charge in [-0.1, -0.05) is 83.7 Å². The van der Waals surface area contributed by atoms with Gasteiger partial charge < -0.3 is 0 Å². The Hall–Kier alpha value is 1.46. The topological polar surface area (TPSA) is 0 Å². The Bertz CT molecular complexity index is 237. The van der Waals surface area contributed by atoms with Gasteiger partial charge in [0.1, 0.15) is 0 Å². The fourth-order valence-corrected chi connectivity index (χ4v) is 7.94. The van der Waals surface area contributed by atoms with Crippen LogP contribution in [0, 0.1) is 23.7 Å². The molecule has 4 unspecified atom stereocenters. The molecule has 0 radical (unpaired) electrons. The average Bonchev–Trinajstić information content (AvgIpc) is 2.29. The van der Waals surface area contributed by atoms with Crippen molar-refractivity contribution in [2.45, 2.75) is 59.2 Å². The molecule has 0 aromatic carbocycles. The Balaban J connectivity index is 1.85. The molecular formula is C14H22I2. The molecule has 0 bridgehead atoms. The van der Waals surface area contributed by atoms with Gasteiger partial charge in [0.05, 0.1) is 1.43 Å². The molecule has 0 spiro atoms. The lowest BCUT2D eigenvalue weighted by atomic mass is 9.60. The number of rotatable bonds is 0. The van der Waals surface area contributed by atoms with Crippen molar-refractivity contribution in [3.05, 3.63) is 0 Å². The Morgan fingerprint density at radius 2 is 1.12 bits per heavy atom. The lowest BCUT2D eigenvalue weighted by Crippen LogP contribution is -2.49. The standard InChI is InChI=1S/C14H22I2/c15-14(16)12-7-3-1-5-10(12)9-11-6-2-4-8-13(11)14/h10-13H,1-9H2. The van der Waals surface area contributed by atoms with Crippen molar-refractivity contribution in [2.75, 3.05) is 0 Å². The zero-order chi connectivity index (χ0) is 11.2. The third-order valence-electron chi connectivity index (χ3n) is 5.41. The normalized spacial score (nSPS) is 46.9. The molecule has 16 heavy (non-hydrogen) atoms. The van der Waals surface area contributed by atoms with E-state index < -0.39 is 0 Å². The Morgan fingerprint density at radius 3 is 1.62 bits per heavy atom. The van der Waals surface area contributed by atoms with Gasteiger partial charge in [-0.3, -0.25) is 0 Å². The van der Waals surface area contributed by atoms with Crippen molar-refractivity contribution in [2.24, 2.45) is 23.7 Å². The molecular weight excluding hydrogens is 422 g/mol. The summed E-state index contributed by atoms with van der Waals surface area (Å²) < 4.78 is 0.601. The zero-order valence-corrected chi connectivity index (χ0v) is 14.2. The molecule has 92 valence electrons. The molecule has 0 aliphatic heterocycles. The summed E-state index contributed by atoms with van der Waals surface area (Å²) in [5, 5.41) is 0. The summed E-state index contributed by atoms with van der Waals surface area (Å²) in [6.07, 6.45) is 13.8. The van der Waals surface area contributed by atoms with Crippen LogP contribution in [-0.4, -0.2) is 1.43 Å². The minimum absolute atomic E-state index is 0.601. The quantitative estimate of drug-likeness (QED) is 0.339. The van der Waals surface area contributed by atoms with Gasteiger partial charge in [-0.15, -0.1) is 0 Å². The summed E-state index contributed by atoms with van der Waals surface area (Å²) in [5.41, 5.74) is 0. The highest BCUT2D eigenvalue weighted by molar-refractivity contribution is 14.2. The predicted octanol–water partition coefficient (Wildman–Crippen LogP) is 5.57. The molecule has 0 heterocycles. The minimum Gasteiger partial charge on any atom is -0.0666 e. The maximum Gasteiger partial charge on any atom is 0.0795 e. The van der Waals surface area contributed by atoms with Gasteiger partial charge in [0.2, 0.25) is 0 Å². The van der Waals surface area contributed by atoms with Crippen LogP contribution in [0.5, 0.6) is 0 Å². The van der Waals surface area contributed by atoms with E-state index in [0.717, 1.165) is 23.7 Å². The van der Waals surface area contributed by atoms with Crippen molar-refractivity contribution < 1.29 is 0 Å². The van der Waals surface area contributed by atoms with Crippen molar-refractivity contribution in [3.63, 3.8) is 0 Å². The van der Waals surface area contributed by atoms with Crippen molar-refractivity contribution in [1.29, 1.82) is 0 Å². The van der Waals surface area contributed by atoms with Crippen molar-refractivity contribution >= 4 is 45.2 Å². The number of halogens is 2. The maximum absolute atomic E-state index is 2.85.